The zero-order chi connectivity index (χ0) is 39.3. The maximum Gasteiger partial charge on any atom is 0.164 e. The van der Waals surface area contributed by atoms with Crippen molar-refractivity contribution >= 4 is 0 Å². The lowest BCUT2D eigenvalue weighted by atomic mass is 9.65. The number of nitrogens with zero attached hydrogens (tertiary/aromatic N) is 3. The fraction of sp³-hybridized carbons (Fsp3) is 0.0727. The van der Waals surface area contributed by atoms with Crippen LogP contribution in [0.15, 0.2) is 188 Å². The number of hydrogen-bond acceptors (Lipinski definition) is 4. The molecule has 4 nitrogen and oxygen atoms in total. The van der Waals surface area contributed by atoms with Crippen molar-refractivity contribution < 1.29 is 4.74 Å². The van der Waals surface area contributed by atoms with E-state index in [1.165, 1.54) is 44.5 Å². The summed E-state index contributed by atoms with van der Waals surface area (Å²) in [6.07, 6.45) is 0. The molecular weight excluding hydrogens is 719 g/mol. The van der Waals surface area contributed by atoms with Gasteiger partial charge in [0.1, 0.15) is 11.5 Å². The first-order valence-electron chi connectivity index (χ1n) is 20.3. The largest absolute Gasteiger partial charge is 0.457 e. The van der Waals surface area contributed by atoms with E-state index in [0.29, 0.717) is 17.5 Å². The van der Waals surface area contributed by atoms with Gasteiger partial charge in [-0.1, -0.05) is 178 Å². The maximum atomic E-state index is 7.01. The van der Waals surface area contributed by atoms with Crippen molar-refractivity contribution in [3.8, 4) is 79.0 Å². The van der Waals surface area contributed by atoms with Gasteiger partial charge in [0, 0.05) is 33.2 Å². The second-order valence-corrected chi connectivity index (χ2v) is 16.3. The van der Waals surface area contributed by atoms with Gasteiger partial charge in [-0.25, -0.2) is 15.0 Å². The highest BCUT2D eigenvalue weighted by molar-refractivity contribution is 5.95. The summed E-state index contributed by atoms with van der Waals surface area (Å²) >= 11 is 0. The third kappa shape index (κ3) is 4.80. The zero-order valence-corrected chi connectivity index (χ0v) is 32.6. The quantitative estimate of drug-likeness (QED) is 0.179. The van der Waals surface area contributed by atoms with Crippen molar-refractivity contribution in [1.29, 1.82) is 0 Å². The van der Waals surface area contributed by atoms with Gasteiger partial charge in [0.25, 0.3) is 0 Å². The molecular formula is C55H37N3O. The molecule has 1 spiro atoms. The van der Waals surface area contributed by atoms with Crippen LogP contribution in [0.1, 0.15) is 47.2 Å². The molecule has 278 valence electrons. The predicted molar refractivity (Wildman–Crippen MR) is 237 cm³/mol. The van der Waals surface area contributed by atoms with E-state index >= 15 is 0 Å². The van der Waals surface area contributed by atoms with Gasteiger partial charge in [-0.05, 0) is 79.9 Å². The highest BCUT2D eigenvalue weighted by Gasteiger charge is 2.52. The van der Waals surface area contributed by atoms with Gasteiger partial charge in [0.2, 0.25) is 0 Å². The van der Waals surface area contributed by atoms with Crippen LogP contribution < -0.4 is 4.74 Å². The summed E-state index contributed by atoms with van der Waals surface area (Å²) in [5, 5.41) is 0. The van der Waals surface area contributed by atoms with E-state index in [1.54, 1.807) is 0 Å². The fourth-order valence-corrected chi connectivity index (χ4v) is 10.1. The molecule has 2 aliphatic carbocycles. The molecule has 3 aliphatic rings. The molecule has 0 amide bonds. The molecule has 0 radical (unpaired) electrons. The van der Waals surface area contributed by atoms with Crippen molar-refractivity contribution in [2.24, 2.45) is 0 Å². The highest BCUT2D eigenvalue weighted by Crippen LogP contribution is 2.64. The molecule has 1 aliphatic heterocycles. The van der Waals surface area contributed by atoms with E-state index in [9.17, 15) is 0 Å². The summed E-state index contributed by atoms with van der Waals surface area (Å²) in [6.45, 7) is 4.69. The Bertz CT molecular complexity index is 3120. The normalized spacial score (nSPS) is 14.3. The average molecular weight is 756 g/mol. The lowest BCUT2D eigenvalue weighted by Gasteiger charge is -2.40. The standard InChI is InChI=1S/C55H37N3O/c1-54(2)45-29-16-25-40(53-57-51(35-19-7-4-8-20-35)56-52(58-53)37-22-15-21-36(31-37)34-17-5-3-6-18-34)50(45)41-32-49-47(33-46(41)54)55(44-28-13-14-30-48(44)59-49)42-26-11-9-23-38(42)39-24-10-12-27-43(39)55/h3-33H,1-2H3. The molecule has 9 aromatic rings. The Labute approximate surface area is 343 Å². The van der Waals surface area contributed by atoms with Crippen LogP contribution in [0.3, 0.4) is 0 Å². The summed E-state index contributed by atoms with van der Waals surface area (Å²) < 4.78 is 7.01. The number of fused-ring (bicyclic) bond motifs is 12. The first-order valence-corrected chi connectivity index (χ1v) is 20.3. The lowest BCUT2D eigenvalue weighted by molar-refractivity contribution is 0.436. The summed E-state index contributed by atoms with van der Waals surface area (Å²) in [6, 6.07) is 66.9. The predicted octanol–water partition coefficient (Wildman–Crippen LogP) is 13.3. The molecule has 2 heterocycles. The molecule has 1 aromatic heterocycles. The van der Waals surface area contributed by atoms with Crippen molar-refractivity contribution in [2.45, 2.75) is 24.7 Å². The second-order valence-electron chi connectivity index (χ2n) is 16.3. The Morgan fingerprint density at radius 3 is 1.59 bits per heavy atom. The van der Waals surface area contributed by atoms with E-state index in [2.05, 4.69) is 178 Å². The summed E-state index contributed by atoms with van der Waals surface area (Å²) in [5.74, 6) is 3.65. The summed E-state index contributed by atoms with van der Waals surface area (Å²) in [7, 11) is 0. The Kier molecular flexibility index (Phi) is 7.16. The molecule has 0 saturated heterocycles. The average Bonchev–Trinajstić information content (AvgIpc) is 3.71. The van der Waals surface area contributed by atoms with E-state index in [1.807, 2.05) is 24.3 Å². The minimum atomic E-state index is -0.540. The molecule has 0 N–H and O–H groups in total. The van der Waals surface area contributed by atoms with Crippen LogP contribution >= 0.6 is 0 Å². The number of rotatable bonds is 4. The van der Waals surface area contributed by atoms with Gasteiger partial charge < -0.3 is 4.74 Å². The molecule has 4 heteroatoms. The first kappa shape index (κ1) is 33.7. The number of benzene rings is 8. The second kappa shape index (κ2) is 12.5. The first-order chi connectivity index (χ1) is 29.0. The SMILES string of the molecule is CC1(C)c2cc3c(cc2-c2c(-c4nc(-c5ccccc5)nc(-c5cccc(-c6ccccc6)c5)n4)cccc21)Oc1ccccc1C31c2ccccc2-c2ccccc21. The Morgan fingerprint density at radius 1 is 0.339 bits per heavy atom. The van der Waals surface area contributed by atoms with Gasteiger partial charge >= 0.3 is 0 Å². The van der Waals surface area contributed by atoms with Crippen LogP contribution in [0.4, 0.5) is 0 Å². The highest BCUT2D eigenvalue weighted by atomic mass is 16.5. The van der Waals surface area contributed by atoms with Crippen LogP contribution in [0.5, 0.6) is 11.5 Å². The van der Waals surface area contributed by atoms with Gasteiger partial charge in [0.15, 0.2) is 17.5 Å². The van der Waals surface area contributed by atoms with Crippen LogP contribution in [0, 0.1) is 0 Å². The molecule has 8 aromatic carbocycles. The van der Waals surface area contributed by atoms with Crippen LogP contribution in [0.25, 0.3) is 67.5 Å². The van der Waals surface area contributed by atoms with Crippen molar-refractivity contribution in [1.82, 2.24) is 15.0 Å². The lowest BCUT2D eigenvalue weighted by Crippen LogP contribution is -2.32. The van der Waals surface area contributed by atoms with E-state index in [4.69, 9.17) is 19.7 Å². The zero-order valence-electron chi connectivity index (χ0n) is 32.6. The van der Waals surface area contributed by atoms with E-state index < -0.39 is 5.41 Å². The number of hydrogen-bond donors (Lipinski definition) is 0. The van der Waals surface area contributed by atoms with Gasteiger partial charge in [-0.3, -0.25) is 0 Å². The smallest absolute Gasteiger partial charge is 0.164 e. The fourth-order valence-electron chi connectivity index (χ4n) is 10.1. The Hall–Kier alpha value is -7.43. The van der Waals surface area contributed by atoms with Crippen LogP contribution in [-0.4, -0.2) is 15.0 Å². The third-order valence-electron chi connectivity index (χ3n) is 12.8. The Morgan fingerprint density at radius 2 is 0.864 bits per heavy atom. The minimum Gasteiger partial charge on any atom is -0.457 e. The molecule has 0 atom stereocenters. The van der Waals surface area contributed by atoms with Gasteiger partial charge in [-0.2, -0.15) is 0 Å². The Balaban J connectivity index is 1.09. The molecule has 0 unspecified atom stereocenters. The van der Waals surface area contributed by atoms with Crippen molar-refractivity contribution in [2.75, 3.05) is 0 Å². The maximum absolute atomic E-state index is 7.01. The van der Waals surface area contributed by atoms with E-state index in [-0.39, 0.29) is 5.41 Å². The van der Waals surface area contributed by atoms with Crippen LogP contribution in [0.2, 0.25) is 0 Å². The third-order valence-corrected chi connectivity index (χ3v) is 12.8. The monoisotopic (exact) mass is 755 g/mol. The molecule has 0 fully saturated rings. The van der Waals surface area contributed by atoms with Gasteiger partial charge in [-0.15, -0.1) is 0 Å². The summed E-state index contributed by atoms with van der Waals surface area (Å²) in [4.78, 5) is 15.7. The minimum absolute atomic E-state index is 0.326. The number of ether oxygens (including phenoxy) is 1. The van der Waals surface area contributed by atoms with E-state index in [0.717, 1.165) is 50.4 Å². The molecule has 0 saturated carbocycles. The van der Waals surface area contributed by atoms with Gasteiger partial charge in [0.05, 0.1) is 5.41 Å². The molecule has 59 heavy (non-hydrogen) atoms. The van der Waals surface area contributed by atoms with Crippen molar-refractivity contribution in [3.63, 3.8) is 0 Å². The molecule has 12 rings (SSSR count). The summed E-state index contributed by atoms with van der Waals surface area (Å²) in [5.41, 5.74) is 16.4. The molecule has 0 bridgehead atoms. The number of para-hydroxylation sites is 1. The topological polar surface area (TPSA) is 47.9 Å². The van der Waals surface area contributed by atoms with Crippen molar-refractivity contribution in [3.05, 3.63) is 221 Å². The number of aromatic nitrogens is 3. The van der Waals surface area contributed by atoms with Crippen LogP contribution in [-0.2, 0) is 10.8 Å².